The summed E-state index contributed by atoms with van der Waals surface area (Å²) in [6.45, 7) is 3.31. The standard InChI is InChI=1S/C24H20F2N4O3/c1-13-7-23(32)30(28-11-13)21-10-20(14(2)8-19(21)26)29-24(33)18-12-27-22(31)9-17(18)15-3-5-16(25)6-4-15/h3-8,10-12,17H,9H2,1-2H3,(H,27,31)(H,29,33). The number of amides is 2. The third-order valence-corrected chi connectivity index (χ3v) is 5.40. The fraction of sp³-hybridized carbons (Fsp3) is 0.167. The van der Waals surface area contributed by atoms with Crippen LogP contribution in [0.3, 0.4) is 0 Å². The second-order valence-corrected chi connectivity index (χ2v) is 7.83. The van der Waals surface area contributed by atoms with Gasteiger partial charge in [0, 0.05) is 35.9 Å². The molecule has 0 saturated heterocycles. The first kappa shape index (κ1) is 22.1. The van der Waals surface area contributed by atoms with E-state index in [1.807, 2.05) is 0 Å². The number of nitrogens with zero attached hydrogens (tertiary/aromatic N) is 2. The predicted molar refractivity (Wildman–Crippen MR) is 118 cm³/mol. The lowest BCUT2D eigenvalue weighted by Gasteiger charge is -2.24. The van der Waals surface area contributed by atoms with Gasteiger partial charge < -0.3 is 10.6 Å². The highest BCUT2D eigenvalue weighted by molar-refractivity contribution is 6.06. The van der Waals surface area contributed by atoms with Crippen LogP contribution in [-0.2, 0) is 9.59 Å². The van der Waals surface area contributed by atoms with E-state index in [-0.39, 0.29) is 29.3 Å². The van der Waals surface area contributed by atoms with Crippen LogP contribution >= 0.6 is 0 Å². The van der Waals surface area contributed by atoms with Crippen molar-refractivity contribution in [3.05, 3.63) is 99.1 Å². The molecule has 0 radical (unpaired) electrons. The van der Waals surface area contributed by atoms with E-state index in [4.69, 9.17) is 0 Å². The summed E-state index contributed by atoms with van der Waals surface area (Å²) in [6.07, 6.45) is 2.77. The van der Waals surface area contributed by atoms with Crippen LogP contribution in [-0.4, -0.2) is 21.6 Å². The number of anilines is 1. The van der Waals surface area contributed by atoms with Gasteiger partial charge in [-0.25, -0.2) is 8.78 Å². The number of aromatic nitrogens is 2. The minimum absolute atomic E-state index is 0.0151. The van der Waals surface area contributed by atoms with E-state index in [9.17, 15) is 23.2 Å². The minimum atomic E-state index is -0.669. The Balaban J connectivity index is 1.68. The molecule has 2 amide bonds. The molecule has 2 heterocycles. The molecule has 2 N–H and O–H groups in total. The molecule has 168 valence electrons. The van der Waals surface area contributed by atoms with Crippen molar-refractivity contribution in [2.45, 2.75) is 26.2 Å². The lowest BCUT2D eigenvalue weighted by atomic mass is 9.86. The van der Waals surface area contributed by atoms with Crippen molar-refractivity contribution in [3.8, 4) is 5.69 Å². The number of carbonyl (C=O) groups is 2. The third kappa shape index (κ3) is 4.57. The molecule has 0 bridgehead atoms. The third-order valence-electron chi connectivity index (χ3n) is 5.40. The summed E-state index contributed by atoms with van der Waals surface area (Å²) in [5, 5.41) is 9.24. The maximum absolute atomic E-state index is 14.6. The van der Waals surface area contributed by atoms with Gasteiger partial charge in [0.25, 0.3) is 11.5 Å². The van der Waals surface area contributed by atoms with Crippen LogP contribution in [0.5, 0.6) is 0 Å². The largest absolute Gasteiger partial charge is 0.332 e. The van der Waals surface area contributed by atoms with E-state index in [2.05, 4.69) is 15.7 Å². The summed E-state index contributed by atoms with van der Waals surface area (Å²) in [5.41, 5.74) is 1.60. The van der Waals surface area contributed by atoms with E-state index < -0.39 is 29.0 Å². The number of hydrogen-bond donors (Lipinski definition) is 2. The summed E-state index contributed by atoms with van der Waals surface area (Å²) in [6, 6.07) is 9.44. The normalized spacial score (nSPS) is 15.6. The number of nitrogens with one attached hydrogen (secondary N) is 2. The molecule has 0 spiro atoms. The molecule has 4 rings (SSSR count). The smallest absolute Gasteiger partial charge is 0.271 e. The average Bonchev–Trinajstić information content (AvgIpc) is 2.76. The van der Waals surface area contributed by atoms with Crippen LogP contribution in [0.25, 0.3) is 5.69 Å². The highest BCUT2D eigenvalue weighted by Gasteiger charge is 2.29. The fourth-order valence-corrected chi connectivity index (χ4v) is 3.66. The van der Waals surface area contributed by atoms with Crippen LogP contribution in [0.1, 0.15) is 29.0 Å². The lowest BCUT2D eigenvalue weighted by Crippen LogP contribution is -2.32. The summed E-state index contributed by atoms with van der Waals surface area (Å²) in [4.78, 5) is 37.4. The molecule has 1 unspecified atom stereocenters. The van der Waals surface area contributed by atoms with Gasteiger partial charge in [-0.2, -0.15) is 9.78 Å². The van der Waals surface area contributed by atoms with Gasteiger partial charge in [0.2, 0.25) is 5.91 Å². The number of carbonyl (C=O) groups excluding carboxylic acids is 2. The van der Waals surface area contributed by atoms with Crippen molar-refractivity contribution in [3.63, 3.8) is 0 Å². The monoisotopic (exact) mass is 450 g/mol. The van der Waals surface area contributed by atoms with E-state index in [1.54, 1.807) is 13.8 Å². The van der Waals surface area contributed by atoms with E-state index in [1.165, 1.54) is 54.9 Å². The van der Waals surface area contributed by atoms with E-state index in [0.29, 0.717) is 16.7 Å². The Morgan fingerprint density at radius 2 is 1.85 bits per heavy atom. The molecule has 9 heteroatoms. The zero-order chi connectivity index (χ0) is 23.7. The Bertz CT molecular complexity index is 1350. The SMILES string of the molecule is Cc1cnn(-c2cc(NC(=O)C3=CNC(=O)CC3c3ccc(F)cc3)c(C)cc2F)c(=O)c1. The lowest BCUT2D eigenvalue weighted by molar-refractivity contribution is -0.121. The Hall–Kier alpha value is -4.14. The topological polar surface area (TPSA) is 93.1 Å². The highest BCUT2D eigenvalue weighted by Crippen LogP contribution is 2.32. The second-order valence-electron chi connectivity index (χ2n) is 7.83. The molecule has 0 saturated carbocycles. The molecule has 3 aromatic rings. The number of hydrogen-bond acceptors (Lipinski definition) is 4. The molecule has 1 aromatic heterocycles. The number of halogens is 2. The van der Waals surface area contributed by atoms with Gasteiger partial charge in [-0.15, -0.1) is 0 Å². The minimum Gasteiger partial charge on any atom is -0.332 e. The molecular formula is C24H20F2N4O3. The molecule has 1 atom stereocenters. The number of benzene rings is 2. The van der Waals surface area contributed by atoms with E-state index in [0.717, 1.165) is 4.68 Å². The second kappa shape index (κ2) is 8.78. The number of rotatable bonds is 4. The van der Waals surface area contributed by atoms with Crippen molar-refractivity contribution < 1.29 is 18.4 Å². The van der Waals surface area contributed by atoms with Crippen LogP contribution in [0.2, 0.25) is 0 Å². The van der Waals surface area contributed by atoms with Crippen molar-refractivity contribution in [2.24, 2.45) is 0 Å². The Kier molecular flexibility index (Phi) is 5.87. The summed E-state index contributed by atoms with van der Waals surface area (Å²) in [7, 11) is 0. The Morgan fingerprint density at radius 1 is 1.12 bits per heavy atom. The van der Waals surface area contributed by atoms with Crippen molar-refractivity contribution >= 4 is 17.5 Å². The molecule has 1 aliphatic heterocycles. The van der Waals surface area contributed by atoms with Crippen molar-refractivity contribution in [1.29, 1.82) is 0 Å². The van der Waals surface area contributed by atoms with Gasteiger partial charge in [-0.05, 0) is 54.8 Å². The molecular weight excluding hydrogens is 430 g/mol. The van der Waals surface area contributed by atoms with Gasteiger partial charge >= 0.3 is 0 Å². The quantitative estimate of drug-likeness (QED) is 0.638. The first-order valence-electron chi connectivity index (χ1n) is 10.2. The zero-order valence-electron chi connectivity index (χ0n) is 17.9. The van der Waals surface area contributed by atoms with Gasteiger partial charge in [0.1, 0.15) is 17.3 Å². The van der Waals surface area contributed by atoms with Crippen LogP contribution in [0.4, 0.5) is 14.5 Å². The molecule has 7 nitrogen and oxygen atoms in total. The van der Waals surface area contributed by atoms with Crippen LogP contribution < -0.4 is 16.2 Å². The van der Waals surface area contributed by atoms with Gasteiger partial charge in [0.15, 0.2) is 0 Å². The van der Waals surface area contributed by atoms with Crippen LogP contribution in [0, 0.1) is 25.5 Å². The molecule has 33 heavy (non-hydrogen) atoms. The molecule has 0 fully saturated rings. The molecule has 2 aromatic carbocycles. The molecule has 0 aliphatic carbocycles. The average molecular weight is 450 g/mol. The fourth-order valence-electron chi connectivity index (χ4n) is 3.66. The van der Waals surface area contributed by atoms with E-state index >= 15 is 0 Å². The summed E-state index contributed by atoms with van der Waals surface area (Å²) >= 11 is 0. The molecule has 1 aliphatic rings. The van der Waals surface area contributed by atoms with Crippen LogP contribution in [0.15, 0.2) is 65.2 Å². The van der Waals surface area contributed by atoms with Gasteiger partial charge in [-0.3, -0.25) is 14.4 Å². The van der Waals surface area contributed by atoms with Gasteiger partial charge in [-0.1, -0.05) is 12.1 Å². The van der Waals surface area contributed by atoms with Crippen molar-refractivity contribution in [2.75, 3.05) is 5.32 Å². The first-order chi connectivity index (χ1) is 15.7. The summed E-state index contributed by atoms with van der Waals surface area (Å²) in [5.74, 6) is -2.47. The summed E-state index contributed by atoms with van der Waals surface area (Å²) < 4.78 is 28.9. The Morgan fingerprint density at radius 3 is 2.55 bits per heavy atom. The predicted octanol–water partition coefficient (Wildman–Crippen LogP) is 3.25. The highest BCUT2D eigenvalue weighted by atomic mass is 19.1. The number of aryl methyl sites for hydroxylation is 2. The zero-order valence-corrected chi connectivity index (χ0v) is 17.9. The first-order valence-corrected chi connectivity index (χ1v) is 10.2. The Labute approximate surface area is 187 Å². The maximum Gasteiger partial charge on any atom is 0.271 e. The van der Waals surface area contributed by atoms with Gasteiger partial charge in [0.05, 0.1) is 6.20 Å². The maximum atomic E-state index is 14.6. The van der Waals surface area contributed by atoms with Crippen molar-refractivity contribution in [1.82, 2.24) is 15.1 Å².